The largest absolute Gasteiger partial charge is 0.481 e. The van der Waals surface area contributed by atoms with Crippen LogP contribution in [0.3, 0.4) is 0 Å². The van der Waals surface area contributed by atoms with E-state index in [0.717, 1.165) is 24.2 Å². The molecule has 4 nitrogen and oxygen atoms in total. The Labute approximate surface area is 166 Å². The van der Waals surface area contributed by atoms with E-state index < -0.39 is 6.10 Å². The Balaban J connectivity index is 1.46. The van der Waals surface area contributed by atoms with Crippen molar-refractivity contribution < 1.29 is 9.53 Å². The topological polar surface area (TPSA) is 45.3 Å². The maximum atomic E-state index is 13.0. The van der Waals surface area contributed by atoms with Crippen LogP contribution in [-0.2, 0) is 23.2 Å². The third kappa shape index (κ3) is 3.51. The number of aromatic amines is 1. The van der Waals surface area contributed by atoms with Gasteiger partial charge < -0.3 is 14.6 Å². The van der Waals surface area contributed by atoms with E-state index >= 15 is 0 Å². The number of para-hydroxylation sites is 1. The molecule has 0 aliphatic carbocycles. The minimum Gasteiger partial charge on any atom is -0.481 e. The second-order valence-electron chi connectivity index (χ2n) is 8.67. The number of amides is 1. The molecule has 2 heterocycles. The molecule has 28 heavy (non-hydrogen) atoms. The average Bonchev–Trinajstić information content (AvgIpc) is 3.05. The van der Waals surface area contributed by atoms with Gasteiger partial charge in [-0.2, -0.15) is 0 Å². The number of rotatable bonds is 3. The summed E-state index contributed by atoms with van der Waals surface area (Å²) in [4.78, 5) is 18.4. The number of benzene rings is 2. The minimum atomic E-state index is -0.507. The molecule has 1 atom stereocenters. The molecule has 0 fully saturated rings. The van der Waals surface area contributed by atoms with Crippen LogP contribution in [0.5, 0.6) is 5.75 Å². The van der Waals surface area contributed by atoms with Crippen LogP contribution in [-0.4, -0.2) is 28.4 Å². The van der Waals surface area contributed by atoms with Gasteiger partial charge in [-0.1, -0.05) is 51.1 Å². The number of carbonyl (C=O) groups excluding carboxylic acids is 1. The van der Waals surface area contributed by atoms with Crippen molar-refractivity contribution in [3.8, 4) is 5.75 Å². The summed E-state index contributed by atoms with van der Waals surface area (Å²) in [6, 6.07) is 16.4. The number of hydrogen-bond donors (Lipinski definition) is 1. The van der Waals surface area contributed by atoms with Crippen LogP contribution in [0.2, 0.25) is 0 Å². The molecule has 1 aliphatic heterocycles. The number of nitrogens with one attached hydrogen (secondary N) is 1. The van der Waals surface area contributed by atoms with Crippen LogP contribution in [0.4, 0.5) is 0 Å². The van der Waals surface area contributed by atoms with E-state index in [0.29, 0.717) is 6.54 Å². The smallest absolute Gasteiger partial charge is 0.263 e. The van der Waals surface area contributed by atoms with Gasteiger partial charge in [-0.05, 0) is 36.1 Å². The molecule has 2 aromatic carbocycles. The van der Waals surface area contributed by atoms with Gasteiger partial charge in [0.1, 0.15) is 5.75 Å². The lowest BCUT2D eigenvalue weighted by molar-refractivity contribution is -0.138. The lowest BCUT2D eigenvalue weighted by atomic mass is 9.87. The number of nitrogens with zero attached hydrogens (tertiary/aromatic N) is 1. The van der Waals surface area contributed by atoms with Gasteiger partial charge in [0, 0.05) is 41.7 Å². The normalized spacial score (nSPS) is 15.4. The van der Waals surface area contributed by atoms with Gasteiger partial charge >= 0.3 is 0 Å². The van der Waals surface area contributed by atoms with Crippen molar-refractivity contribution in [1.29, 1.82) is 0 Å². The highest BCUT2D eigenvalue weighted by Crippen LogP contribution is 2.28. The zero-order valence-corrected chi connectivity index (χ0v) is 17.1. The average molecular weight is 377 g/mol. The molecule has 4 heteroatoms. The van der Waals surface area contributed by atoms with E-state index in [1.54, 1.807) is 0 Å². The molecule has 0 saturated heterocycles. The first kappa shape index (κ1) is 18.6. The lowest BCUT2D eigenvalue weighted by Gasteiger charge is -2.29. The number of fused-ring (bicyclic) bond motifs is 3. The second kappa shape index (κ2) is 7.01. The monoisotopic (exact) mass is 376 g/mol. The summed E-state index contributed by atoms with van der Waals surface area (Å²) >= 11 is 0. The molecule has 0 radical (unpaired) electrons. The molecule has 4 rings (SSSR count). The number of ether oxygens (including phenoxy) is 1. The summed E-state index contributed by atoms with van der Waals surface area (Å²) < 4.78 is 5.95. The molecule has 1 N–H and O–H groups in total. The van der Waals surface area contributed by atoms with Crippen molar-refractivity contribution in [3.05, 3.63) is 65.4 Å². The van der Waals surface area contributed by atoms with Gasteiger partial charge in [-0.15, -0.1) is 0 Å². The first-order valence-electron chi connectivity index (χ1n) is 9.97. The van der Waals surface area contributed by atoms with Crippen molar-refractivity contribution in [2.24, 2.45) is 0 Å². The molecule has 146 valence electrons. The van der Waals surface area contributed by atoms with Crippen molar-refractivity contribution in [3.63, 3.8) is 0 Å². The molecule has 1 amide bonds. The second-order valence-corrected chi connectivity index (χ2v) is 8.67. The Morgan fingerprint density at radius 3 is 2.54 bits per heavy atom. The van der Waals surface area contributed by atoms with Crippen LogP contribution < -0.4 is 4.74 Å². The molecule has 0 saturated carbocycles. The van der Waals surface area contributed by atoms with Crippen molar-refractivity contribution >= 4 is 16.8 Å². The van der Waals surface area contributed by atoms with Gasteiger partial charge in [0.05, 0.1) is 0 Å². The summed E-state index contributed by atoms with van der Waals surface area (Å²) in [5, 5.41) is 1.21. The fourth-order valence-corrected chi connectivity index (χ4v) is 3.90. The molecule has 0 unspecified atom stereocenters. The zero-order valence-electron chi connectivity index (χ0n) is 17.1. The Bertz CT molecular complexity index is 996. The summed E-state index contributed by atoms with van der Waals surface area (Å²) in [5.74, 6) is 0.773. The summed E-state index contributed by atoms with van der Waals surface area (Å²) in [6.45, 7) is 9.74. The first-order valence-corrected chi connectivity index (χ1v) is 9.97. The van der Waals surface area contributed by atoms with Crippen LogP contribution in [0, 0.1) is 0 Å². The predicted octanol–water partition coefficient (Wildman–Crippen LogP) is 4.82. The minimum absolute atomic E-state index is 0.0378. The standard InChI is InChI=1S/C24H28N2O2/c1-16(28-18-11-9-17(10-12-18)24(2,3)4)23(27)26-14-13-22-20(15-26)19-7-5-6-8-21(19)25-22/h5-12,16,25H,13-15H2,1-4H3/t16-/m1/s1. The van der Waals surface area contributed by atoms with E-state index in [-0.39, 0.29) is 11.3 Å². The highest BCUT2D eigenvalue weighted by Gasteiger charge is 2.28. The fraction of sp³-hybridized carbons (Fsp3) is 0.375. The molecule has 1 aliphatic rings. The van der Waals surface area contributed by atoms with E-state index in [1.165, 1.54) is 22.2 Å². The van der Waals surface area contributed by atoms with Crippen LogP contribution in [0.15, 0.2) is 48.5 Å². The third-order valence-electron chi connectivity index (χ3n) is 5.58. The van der Waals surface area contributed by atoms with Crippen LogP contribution in [0.1, 0.15) is 44.5 Å². The maximum absolute atomic E-state index is 13.0. The Morgan fingerprint density at radius 2 is 1.82 bits per heavy atom. The van der Waals surface area contributed by atoms with Gasteiger partial charge in [0.2, 0.25) is 0 Å². The molecule has 0 bridgehead atoms. The zero-order chi connectivity index (χ0) is 19.9. The fourth-order valence-electron chi connectivity index (χ4n) is 3.90. The van der Waals surface area contributed by atoms with Crippen molar-refractivity contribution in [2.45, 2.75) is 52.2 Å². The lowest BCUT2D eigenvalue weighted by Crippen LogP contribution is -2.43. The SMILES string of the molecule is C[C@@H](Oc1ccc(C(C)(C)C)cc1)C(=O)N1CCc2[nH]c3ccccc3c2C1. The van der Waals surface area contributed by atoms with E-state index in [1.807, 2.05) is 36.1 Å². The van der Waals surface area contributed by atoms with Crippen molar-refractivity contribution in [1.82, 2.24) is 9.88 Å². The Kier molecular flexibility index (Phi) is 4.66. The summed E-state index contributed by atoms with van der Waals surface area (Å²) in [7, 11) is 0. The predicted molar refractivity (Wildman–Crippen MR) is 113 cm³/mol. The maximum Gasteiger partial charge on any atom is 0.263 e. The number of hydrogen-bond acceptors (Lipinski definition) is 2. The van der Waals surface area contributed by atoms with Gasteiger partial charge in [-0.3, -0.25) is 4.79 Å². The van der Waals surface area contributed by atoms with Gasteiger partial charge in [0.15, 0.2) is 6.10 Å². The van der Waals surface area contributed by atoms with Crippen LogP contribution in [0.25, 0.3) is 10.9 Å². The molecular formula is C24H28N2O2. The highest BCUT2D eigenvalue weighted by atomic mass is 16.5. The number of aromatic nitrogens is 1. The summed E-state index contributed by atoms with van der Waals surface area (Å²) in [5.41, 5.74) is 4.98. The molecule has 3 aromatic rings. The number of carbonyl (C=O) groups is 1. The number of H-pyrrole nitrogens is 1. The van der Waals surface area contributed by atoms with Gasteiger partial charge in [0.25, 0.3) is 5.91 Å². The quantitative estimate of drug-likeness (QED) is 0.712. The van der Waals surface area contributed by atoms with Crippen LogP contribution >= 0.6 is 0 Å². The molecular weight excluding hydrogens is 348 g/mol. The highest BCUT2D eigenvalue weighted by molar-refractivity contribution is 5.86. The summed E-state index contributed by atoms with van der Waals surface area (Å²) in [6.07, 6.45) is 0.343. The third-order valence-corrected chi connectivity index (χ3v) is 5.58. The van der Waals surface area contributed by atoms with Gasteiger partial charge in [-0.25, -0.2) is 0 Å². The van der Waals surface area contributed by atoms with E-state index in [9.17, 15) is 4.79 Å². The Hall–Kier alpha value is -2.75. The molecule has 0 spiro atoms. The first-order chi connectivity index (χ1) is 13.3. The van der Waals surface area contributed by atoms with E-state index in [4.69, 9.17) is 4.74 Å². The van der Waals surface area contributed by atoms with Crippen molar-refractivity contribution in [2.75, 3.05) is 6.54 Å². The molecule has 1 aromatic heterocycles. The Morgan fingerprint density at radius 1 is 1.11 bits per heavy atom. The van der Waals surface area contributed by atoms with E-state index in [2.05, 4.69) is 50.0 Å².